The molecule has 2 rings (SSSR count). The van der Waals surface area contributed by atoms with Crippen molar-refractivity contribution in [1.29, 1.82) is 0 Å². The first-order chi connectivity index (χ1) is 8.20. The highest BCUT2D eigenvalue weighted by atomic mass is 79.9. The molecule has 17 heavy (non-hydrogen) atoms. The van der Waals surface area contributed by atoms with E-state index in [1.807, 2.05) is 0 Å². The summed E-state index contributed by atoms with van der Waals surface area (Å²) in [5.41, 5.74) is 0.882. The zero-order valence-corrected chi connectivity index (χ0v) is 11.4. The van der Waals surface area contributed by atoms with Gasteiger partial charge in [0.2, 0.25) is 0 Å². The average Bonchev–Trinajstić information content (AvgIpc) is 3.12. The summed E-state index contributed by atoms with van der Waals surface area (Å²) in [6, 6.07) is 4.71. The van der Waals surface area contributed by atoms with Crippen LogP contribution >= 0.6 is 15.9 Å². The molecule has 2 unspecified atom stereocenters. The van der Waals surface area contributed by atoms with E-state index < -0.39 is 0 Å². The van der Waals surface area contributed by atoms with E-state index in [0.29, 0.717) is 6.61 Å². The van der Waals surface area contributed by atoms with Gasteiger partial charge in [0.15, 0.2) is 0 Å². The molecule has 0 aromatic heterocycles. The van der Waals surface area contributed by atoms with Crippen LogP contribution in [-0.4, -0.2) is 19.3 Å². The lowest BCUT2D eigenvalue weighted by molar-refractivity contribution is 0.0353. The summed E-state index contributed by atoms with van der Waals surface area (Å²) in [7, 11) is 0. The molecule has 94 valence electrons. The Balaban J connectivity index is 2.08. The Bertz CT molecular complexity index is 380. The highest BCUT2D eigenvalue weighted by Gasteiger charge is 2.25. The Hall–Kier alpha value is -0.450. The van der Waals surface area contributed by atoms with Crippen LogP contribution in [0, 0.1) is 5.82 Å². The first-order valence-electron chi connectivity index (χ1n) is 5.89. The van der Waals surface area contributed by atoms with Gasteiger partial charge >= 0.3 is 0 Å². The highest BCUT2D eigenvalue weighted by Crippen LogP contribution is 2.31. The molecule has 1 fully saturated rings. The smallest absolute Gasteiger partial charge is 0.123 e. The largest absolute Gasteiger partial charge is 0.371 e. The third kappa shape index (κ3) is 3.76. The van der Waals surface area contributed by atoms with Crippen molar-refractivity contribution in [1.82, 2.24) is 0 Å². The van der Waals surface area contributed by atoms with Crippen LogP contribution in [0.2, 0.25) is 0 Å². The molecule has 2 atom stereocenters. The molecule has 1 aromatic rings. The van der Waals surface area contributed by atoms with Crippen molar-refractivity contribution in [3.8, 4) is 0 Å². The molecule has 1 saturated heterocycles. The molecular formula is C13H16BrFO2. The second-order valence-corrected chi connectivity index (χ2v) is 5.09. The number of hydrogen-bond acceptors (Lipinski definition) is 2. The molecular weight excluding hydrogens is 287 g/mol. The predicted octanol–water partition coefficient (Wildman–Crippen LogP) is 3.84. The number of ether oxygens (including phenoxy) is 2. The van der Waals surface area contributed by atoms with Gasteiger partial charge < -0.3 is 9.47 Å². The van der Waals surface area contributed by atoms with Gasteiger partial charge in [0.25, 0.3) is 0 Å². The van der Waals surface area contributed by atoms with Gasteiger partial charge in [0, 0.05) is 4.47 Å². The van der Waals surface area contributed by atoms with Crippen molar-refractivity contribution in [2.24, 2.45) is 0 Å². The van der Waals surface area contributed by atoms with Crippen molar-refractivity contribution < 1.29 is 13.9 Å². The van der Waals surface area contributed by atoms with Gasteiger partial charge in [0.1, 0.15) is 11.9 Å². The van der Waals surface area contributed by atoms with E-state index in [2.05, 4.69) is 22.9 Å². The average molecular weight is 303 g/mol. The maximum atomic E-state index is 13.3. The topological polar surface area (TPSA) is 21.8 Å². The second-order valence-electron chi connectivity index (χ2n) is 4.23. The Morgan fingerprint density at radius 1 is 1.59 bits per heavy atom. The van der Waals surface area contributed by atoms with Crippen LogP contribution in [0.5, 0.6) is 0 Å². The van der Waals surface area contributed by atoms with Crippen LogP contribution in [0.3, 0.4) is 0 Å². The lowest BCUT2D eigenvalue weighted by atomic mass is 10.0. The molecule has 4 heteroatoms. The Morgan fingerprint density at radius 3 is 3.00 bits per heavy atom. The summed E-state index contributed by atoms with van der Waals surface area (Å²) in [6.07, 6.45) is 2.06. The van der Waals surface area contributed by atoms with E-state index in [0.717, 1.165) is 29.5 Å². The summed E-state index contributed by atoms with van der Waals surface area (Å²) >= 11 is 3.45. The van der Waals surface area contributed by atoms with E-state index in [1.165, 1.54) is 12.1 Å². The molecule has 0 radical (unpaired) electrons. The monoisotopic (exact) mass is 302 g/mol. The van der Waals surface area contributed by atoms with Crippen molar-refractivity contribution in [2.45, 2.75) is 32.0 Å². The van der Waals surface area contributed by atoms with E-state index in [-0.39, 0.29) is 18.0 Å². The van der Waals surface area contributed by atoms with Gasteiger partial charge in [-0.15, -0.1) is 0 Å². The zero-order chi connectivity index (χ0) is 12.3. The first-order valence-corrected chi connectivity index (χ1v) is 6.68. The van der Waals surface area contributed by atoms with E-state index in [9.17, 15) is 4.39 Å². The molecule has 0 saturated carbocycles. The summed E-state index contributed by atoms with van der Waals surface area (Å²) in [4.78, 5) is 0. The van der Waals surface area contributed by atoms with Gasteiger partial charge in [-0.25, -0.2) is 4.39 Å². The highest BCUT2D eigenvalue weighted by molar-refractivity contribution is 9.10. The van der Waals surface area contributed by atoms with Crippen LogP contribution in [0.25, 0.3) is 0 Å². The minimum atomic E-state index is -0.226. The molecule has 0 amide bonds. The minimum absolute atomic E-state index is 0.0609. The fourth-order valence-electron chi connectivity index (χ4n) is 1.74. The third-order valence-electron chi connectivity index (χ3n) is 2.74. The number of rotatable bonds is 6. The minimum Gasteiger partial charge on any atom is -0.371 e. The fraction of sp³-hybridized carbons (Fsp3) is 0.538. The molecule has 1 aliphatic heterocycles. The Kier molecular flexibility index (Phi) is 4.54. The van der Waals surface area contributed by atoms with Gasteiger partial charge in [-0.3, -0.25) is 0 Å². The second kappa shape index (κ2) is 5.94. The van der Waals surface area contributed by atoms with Gasteiger partial charge in [0.05, 0.1) is 19.3 Å². The molecule has 2 nitrogen and oxygen atoms in total. The maximum Gasteiger partial charge on any atom is 0.123 e. The maximum absolute atomic E-state index is 13.3. The van der Waals surface area contributed by atoms with Crippen LogP contribution in [0.1, 0.15) is 31.4 Å². The summed E-state index contributed by atoms with van der Waals surface area (Å²) < 4.78 is 25.1. The molecule has 1 heterocycles. The van der Waals surface area contributed by atoms with Crippen LogP contribution in [-0.2, 0) is 9.47 Å². The lowest BCUT2D eigenvalue weighted by Gasteiger charge is -2.18. The molecule has 1 aromatic carbocycles. The predicted molar refractivity (Wildman–Crippen MR) is 67.4 cm³/mol. The molecule has 0 bridgehead atoms. The number of hydrogen-bond donors (Lipinski definition) is 0. The van der Waals surface area contributed by atoms with Gasteiger partial charge in [-0.1, -0.05) is 29.3 Å². The van der Waals surface area contributed by atoms with Crippen LogP contribution < -0.4 is 0 Å². The molecule has 0 aliphatic carbocycles. The molecule has 1 aliphatic rings. The van der Waals surface area contributed by atoms with E-state index >= 15 is 0 Å². The SMILES string of the molecule is CCCC(OCC1CO1)c1cc(F)ccc1Br. The number of epoxide rings is 1. The van der Waals surface area contributed by atoms with Crippen molar-refractivity contribution in [3.63, 3.8) is 0 Å². The Morgan fingerprint density at radius 2 is 2.35 bits per heavy atom. The summed E-state index contributed by atoms with van der Waals surface area (Å²) in [5.74, 6) is -0.226. The zero-order valence-electron chi connectivity index (χ0n) is 9.79. The lowest BCUT2D eigenvalue weighted by Crippen LogP contribution is -2.10. The summed E-state index contributed by atoms with van der Waals surface area (Å²) in [5, 5.41) is 0. The third-order valence-corrected chi connectivity index (χ3v) is 3.46. The molecule has 0 spiro atoms. The standard InChI is InChI=1S/C13H16BrFO2/c1-2-3-13(17-8-10-7-16-10)11-6-9(15)4-5-12(11)14/h4-6,10,13H,2-3,7-8H2,1H3. The Labute approximate surface area is 109 Å². The van der Waals surface area contributed by atoms with Crippen molar-refractivity contribution in [2.75, 3.05) is 13.2 Å². The quantitative estimate of drug-likeness (QED) is 0.745. The number of halogens is 2. The van der Waals surface area contributed by atoms with Crippen molar-refractivity contribution in [3.05, 3.63) is 34.1 Å². The van der Waals surface area contributed by atoms with Gasteiger partial charge in [-0.05, 0) is 30.2 Å². The normalized spacial score (nSPS) is 20.3. The number of benzene rings is 1. The summed E-state index contributed by atoms with van der Waals surface area (Å²) in [6.45, 7) is 3.47. The van der Waals surface area contributed by atoms with E-state index in [4.69, 9.17) is 9.47 Å². The fourth-order valence-corrected chi connectivity index (χ4v) is 2.24. The van der Waals surface area contributed by atoms with Gasteiger partial charge in [-0.2, -0.15) is 0 Å². The van der Waals surface area contributed by atoms with Crippen molar-refractivity contribution >= 4 is 15.9 Å². The van der Waals surface area contributed by atoms with E-state index in [1.54, 1.807) is 6.07 Å². The molecule has 0 N–H and O–H groups in total. The van der Waals surface area contributed by atoms with Crippen LogP contribution in [0.15, 0.2) is 22.7 Å². The first kappa shape index (κ1) is 13.0. The van der Waals surface area contributed by atoms with Crippen LogP contribution in [0.4, 0.5) is 4.39 Å².